The van der Waals surface area contributed by atoms with Crippen molar-refractivity contribution in [2.24, 2.45) is 0 Å². The molecule has 0 bridgehead atoms. The van der Waals surface area contributed by atoms with E-state index >= 15 is 0 Å². The highest BCUT2D eigenvalue weighted by Gasteiger charge is 2.41. The fourth-order valence-electron chi connectivity index (χ4n) is 2.43. The molecule has 1 aromatic carbocycles. The van der Waals surface area contributed by atoms with E-state index in [1.807, 2.05) is 30.3 Å². The van der Waals surface area contributed by atoms with E-state index in [0.29, 0.717) is 26.1 Å². The largest absolute Gasteiger partial charge is 0.383 e. The van der Waals surface area contributed by atoms with Gasteiger partial charge < -0.3 is 15.0 Å². The first-order valence-corrected chi connectivity index (χ1v) is 6.73. The molecule has 0 saturated carbocycles. The second-order valence-electron chi connectivity index (χ2n) is 5.07. The molecule has 5 nitrogen and oxygen atoms in total. The van der Waals surface area contributed by atoms with Crippen LogP contribution in [0.3, 0.4) is 0 Å². The van der Waals surface area contributed by atoms with Gasteiger partial charge in [-0.1, -0.05) is 30.3 Å². The van der Waals surface area contributed by atoms with Crippen molar-refractivity contribution in [3.8, 4) is 0 Å². The third-order valence-corrected chi connectivity index (χ3v) is 3.63. The van der Waals surface area contributed by atoms with Crippen LogP contribution < -0.4 is 5.32 Å². The molecule has 1 N–H and O–H groups in total. The summed E-state index contributed by atoms with van der Waals surface area (Å²) in [5.74, 6) is -0.198. The summed E-state index contributed by atoms with van der Waals surface area (Å²) in [6.45, 7) is 3.14. The number of hydrogen-bond donors (Lipinski definition) is 1. The molecule has 1 saturated heterocycles. The Kier molecular flexibility index (Phi) is 4.39. The zero-order valence-corrected chi connectivity index (χ0v) is 11.9. The fraction of sp³-hybridized carbons (Fsp3) is 0.467. The Hall–Kier alpha value is -1.88. The highest BCUT2D eigenvalue weighted by molar-refractivity contribution is 5.94. The maximum absolute atomic E-state index is 12.8. The van der Waals surface area contributed by atoms with Crippen LogP contribution in [0.1, 0.15) is 18.9 Å². The molecule has 0 radical (unpaired) electrons. The Morgan fingerprint density at radius 1 is 1.30 bits per heavy atom. The summed E-state index contributed by atoms with van der Waals surface area (Å²) in [5.41, 5.74) is -0.217. The first kappa shape index (κ1) is 14.5. The molecule has 1 aromatic rings. The molecule has 1 unspecified atom stereocenters. The summed E-state index contributed by atoms with van der Waals surface area (Å²) >= 11 is 0. The van der Waals surface area contributed by atoms with E-state index in [9.17, 15) is 9.59 Å². The van der Waals surface area contributed by atoms with Gasteiger partial charge in [0.25, 0.3) is 5.91 Å². The smallest absolute Gasteiger partial charge is 0.252 e. The van der Waals surface area contributed by atoms with Gasteiger partial charge in [0, 0.05) is 26.6 Å². The van der Waals surface area contributed by atoms with E-state index in [4.69, 9.17) is 4.74 Å². The SMILES string of the molecule is COCCN1CCC(=O)NC(C)(c2ccccc2)C1=O. The zero-order chi connectivity index (χ0) is 14.6. The number of hydrogen-bond acceptors (Lipinski definition) is 3. The van der Waals surface area contributed by atoms with Crippen molar-refractivity contribution in [1.82, 2.24) is 10.2 Å². The van der Waals surface area contributed by atoms with Gasteiger partial charge in [0.15, 0.2) is 0 Å². The van der Waals surface area contributed by atoms with E-state index in [0.717, 1.165) is 5.56 Å². The molecular weight excluding hydrogens is 256 g/mol. The molecule has 1 fully saturated rings. The minimum absolute atomic E-state index is 0.0911. The summed E-state index contributed by atoms with van der Waals surface area (Å²) in [5, 5.41) is 2.86. The highest BCUT2D eigenvalue weighted by Crippen LogP contribution is 2.25. The van der Waals surface area contributed by atoms with Crippen LogP contribution in [0.2, 0.25) is 0 Å². The lowest BCUT2D eigenvalue weighted by atomic mass is 9.90. The molecule has 1 aliphatic heterocycles. The number of rotatable bonds is 4. The zero-order valence-electron chi connectivity index (χ0n) is 11.9. The van der Waals surface area contributed by atoms with Crippen molar-refractivity contribution in [3.05, 3.63) is 35.9 Å². The van der Waals surface area contributed by atoms with Gasteiger partial charge in [0.1, 0.15) is 5.54 Å². The monoisotopic (exact) mass is 276 g/mol. The average Bonchev–Trinajstić information content (AvgIpc) is 2.57. The minimum Gasteiger partial charge on any atom is -0.383 e. The third-order valence-electron chi connectivity index (χ3n) is 3.63. The lowest BCUT2D eigenvalue weighted by Gasteiger charge is -2.32. The van der Waals surface area contributed by atoms with E-state index in [2.05, 4.69) is 5.32 Å². The minimum atomic E-state index is -1.01. The highest BCUT2D eigenvalue weighted by atomic mass is 16.5. The maximum Gasteiger partial charge on any atom is 0.252 e. The number of carbonyl (C=O) groups is 2. The topological polar surface area (TPSA) is 58.6 Å². The van der Waals surface area contributed by atoms with Crippen LogP contribution in [-0.2, 0) is 19.9 Å². The number of nitrogens with zero attached hydrogens (tertiary/aromatic N) is 1. The van der Waals surface area contributed by atoms with Crippen molar-refractivity contribution in [1.29, 1.82) is 0 Å². The first-order chi connectivity index (χ1) is 9.58. The molecule has 1 aliphatic rings. The second kappa shape index (κ2) is 6.05. The Morgan fingerprint density at radius 2 is 2.00 bits per heavy atom. The molecule has 1 heterocycles. The number of amides is 2. The van der Waals surface area contributed by atoms with E-state index in [1.54, 1.807) is 18.9 Å². The van der Waals surface area contributed by atoms with Crippen LogP contribution in [0.25, 0.3) is 0 Å². The van der Waals surface area contributed by atoms with E-state index in [-0.39, 0.29) is 11.8 Å². The summed E-state index contributed by atoms with van der Waals surface area (Å²) in [6, 6.07) is 9.34. The number of methoxy groups -OCH3 is 1. The van der Waals surface area contributed by atoms with Gasteiger partial charge >= 0.3 is 0 Å². The number of benzene rings is 1. The van der Waals surface area contributed by atoms with Crippen molar-refractivity contribution < 1.29 is 14.3 Å². The molecule has 0 spiro atoms. The molecule has 108 valence electrons. The second-order valence-corrected chi connectivity index (χ2v) is 5.07. The molecule has 2 rings (SSSR count). The van der Waals surface area contributed by atoms with Crippen LogP contribution in [0.4, 0.5) is 0 Å². The number of carbonyl (C=O) groups excluding carboxylic acids is 2. The summed E-state index contributed by atoms with van der Waals surface area (Å²) < 4.78 is 5.04. The molecule has 0 aromatic heterocycles. The van der Waals surface area contributed by atoms with Crippen LogP contribution >= 0.6 is 0 Å². The standard InChI is InChI=1S/C15H20N2O3/c1-15(12-6-4-3-5-7-12)14(19)17(10-11-20-2)9-8-13(18)16-15/h3-7H,8-11H2,1-2H3,(H,16,18). The molecule has 1 atom stereocenters. The van der Waals surface area contributed by atoms with Gasteiger partial charge in [-0.2, -0.15) is 0 Å². The Labute approximate surface area is 118 Å². The summed E-state index contributed by atoms with van der Waals surface area (Å²) in [6.07, 6.45) is 0.317. The predicted molar refractivity (Wildman–Crippen MR) is 75.0 cm³/mol. The fourth-order valence-corrected chi connectivity index (χ4v) is 2.43. The first-order valence-electron chi connectivity index (χ1n) is 6.73. The van der Waals surface area contributed by atoms with Gasteiger partial charge in [0.2, 0.25) is 5.91 Å². The van der Waals surface area contributed by atoms with Gasteiger partial charge in [-0.15, -0.1) is 0 Å². The van der Waals surface area contributed by atoms with Crippen molar-refractivity contribution >= 4 is 11.8 Å². The van der Waals surface area contributed by atoms with Gasteiger partial charge in [-0.05, 0) is 12.5 Å². The summed E-state index contributed by atoms with van der Waals surface area (Å²) in [7, 11) is 1.60. The quantitative estimate of drug-likeness (QED) is 0.889. The Balaban J connectivity index is 2.33. The Morgan fingerprint density at radius 3 is 2.65 bits per heavy atom. The van der Waals surface area contributed by atoms with Crippen LogP contribution in [0, 0.1) is 0 Å². The van der Waals surface area contributed by atoms with E-state index in [1.165, 1.54) is 0 Å². The summed E-state index contributed by atoms with van der Waals surface area (Å²) in [4.78, 5) is 26.4. The number of ether oxygens (including phenoxy) is 1. The van der Waals surface area contributed by atoms with Gasteiger partial charge in [0.05, 0.1) is 6.61 Å². The van der Waals surface area contributed by atoms with Crippen molar-refractivity contribution in [3.63, 3.8) is 0 Å². The molecule has 2 amide bonds. The van der Waals surface area contributed by atoms with E-state index < -0.39 is 5.54 Å². The molecule has 20 heavy (non-hydrogen) atoms. The average molecular weight is 276 g/mol. The lowest BCUT2D eigenvalue weighted by Crippen LogP contribution is -2.53. The van der Waals surface area contributed by atoms with Crippen LogP contribution in [0.5, 0.6) is 0 Å². The van der Waals surface area contributed by atoms with Gasteiger partial charge in [-0.3, -0.25) is 9.59 Å². The molecule has 5 heteroatoms. The number of nitrogens with one attached hydrogen (secondary N) is 1. The third kappa shape index (κ3) is 2.82. The van der Waals surface area contributed by atoms with Crippen LogP contribution in [0.15, 0.2) is 30.3 Å². The van der Waals surface area contributed by atoms with Crippen LogP contribution in [-0.4, -0.2) is 43.5 Å². The van der Waals surface area contributed by atoms with Crippen molar-refractivity contribution in [2.45, 2.75) is 18.9 Å². The Bertz CT molecular complexity index is 489. The molecule has 0 aliphatic carbocycles. The van der Waals surface area contributed by atoms with Crippen molar-refractivity contribution in [2.75, 3.05) is 26.8 Å². The normalized spacial score (nSPS) is 23.4. The lowest BCUT2D eigenvalue weighted by molar-refractivity contribution is -0.139. The van der Waals surface area contributed by atoms with Gasteiger partial charge in [-0.25, -0.2) is 0 Å². The maximum atomic E-state index is 12.8. The predicted octanol–water partition coefficient (Wildman–Crippen LogP) is 0.897. The molecular formula is C15H20N2O3.